The van der Waals surface area contributed by atoms with Crippen LogP contribution in [0.4, 0.5) is 0 Å². The molecule has 0 radical (unpaired) electrons. The summed E-state index contributed by atoms with van der Waals surface area (Å²) in [6, 6.07) is 6.13. The van der Waals surface area contributed by atoms with Crippen molar-refractivity contribution >= 4 is 22.6 Å². The Morgan fingerprint density at radius 2 is 2.00 bits per heavy atom. The highest BCUT2D eigenvalue weighted by molar-refractivity contribution is 6.31. The van der Waals surface area contributed by atoms with E-state index in [1.807, 2.05) is 18.2 Å². The SMILES string of the molecule is CC(C)c1noc(CN2CCC(N(C)Cc3noc4ccc(Cl)cc34)CC2)n1. The minimum absolute atomic E-state index is 0.291. The first kappa shape index (κ1) is 19.4. The van der Waals surface area contributed by atoms with Crippen molar-refractivity contribution < 1.29 is 9.05 Å². The monoisotopic (exact) mass is 403 g/mol. The number of rotatable bonds is 6. The first-order valence-electron chi connectivity index (χ1n) is 9.78. The topological polar surface area (TPSA) is 71.4 Å². The van der Waals surface area contributed by atoms with Crippen molar-refractivity contribution in [1.82, 2.24) is 25.1 Å². The summed E-state index contributed by atoms with van der Waals surface area (Å²) in [6.07, 6.45) is 2.19. The van der Waals surface area contributed by atoms with Gasteiger partial charge in [0.15, 0.2) is 11.4 Å². The van der Waals surface area contributed by atoms with E-state index in [1.54, 1.807) is 0 Å². The van der Waals surface area contributed by atoms with Crippen LogP contribution in [-0.2, 0) is 13.1 Å². The van der Waals surface area contributed by atoms with Crippen LogP contribution in [0.5, 0.6) is 0 Å². The molecule has 0 spiro atoms. The molecule has 0 unspecified atom stereocenters. The predicted molar refractivity (Wildman–Crippen MR) is 107 cm³/mol. The Hall–Kier alpha value is -1.96. The lowest BCUT2D eigenvalue weighted by atomic mass is 10.0. The minimum Gasteiger partial charge on any atom is -0.356 e. The van der Waals surface area contributed by atoms with Crippen LogP contribution in [0, 0.1) is 0 Å². The van der Waals surface area contributed by atoms with Gasteiger partial charge in [-0.1, -0.05) is 35.8 Å². The molecule has 0 bridgehead atoms. The quantitative estimate of drug-likeness (QED) is 0.613. The largest absolute Gasteiger partial charge is 0.356 e. The van der Waals surface area contributed by atoms with Gasteiger partial charge in [0.1, 0.15) is 5.69 Å². The van der Waals surface area contributed by atoms with Gasteiger partial charge < -0.3 is 9.05 Å². The highest BCUT2D eigenvalue weighted by Crippen LogP contribution is 2.25. The molecule has 150 valence electrons. The number of fused-ring (bicyclic) bond motifs is 1. The molecule has 0 atom stereocenters. The maximum Gasteiger partial charge on any atom is 0.240 e. The molecule has 1 aliphatic rings. The molecule has 3 aromatic rings. The zero-order valence-corrected chi connectivity index (χ0v) is 17.3. The maximum atomic E-state index is 6.13. The van der Waals surface area contributed by atoms with Crippen molar-refractivity contribution in [2.75, 3.05) is 20.1 Å². The van der Waals surface area contributed by atoms with Crippen LogP contribution >= 0.6 is 11.6 Å². The van der Waals surface area contributed by atoms with E-state index in [9.17, 15) is 0 Å². The van der Waals surface area contributed by atoms with E-state index in [4.69, 9.17) is 20.6 Å². The Kier molecular flexibility index (Phi) is 5.66. The molecule has 2 aromatic heterocycles. The lowest BCUT2D eigenvalue weighted by molar-refractivity contribution is 0.110. The fraction of sp³-hybridized carbons (Fsp3) is 0.550. The van der Waals surface area contributed by atoms with E-state index in [2.05, 4.69) is 46.0 Å². The number of hydrogen-bond donors (Lipinski definition) is 0. The van der Waals surface area contributed by atoms with Crippen molar-refractivity contribution in [2.24, 2.45) is 0 Å². The van der Waals surface area contributed by atoms with Gasteiger partial charge in [0, 0.05) is 42.0 Å². The second-order valence-corrected chi connectivity index (χ2v) is 8.33. The second-order valence-electron chi connectivity index (χ2n) is 7.89. The molecule has 28 heavy (non-hydrogen) atoms. The van der Waals surface area contributed by atoms with Gasteiger partial charge in [0.05, 0.1) is 6.54 Å². The van der Waals surface area contributed by atoms with E-state index in [0.29, 0.717) is 22.9 Å². The predicted octanol–water partition coefficient (Wildman–Crippen LogP) is 4.08. The third kappa shape index (κ3) is 4.21. The fourth-order valence-electron chi connectivity index (χ4n) is 3.72. The standard InChI is InChI=1S/C20H26ClN5O2/c1-13(2)20-22-19(28-24-20)12-26-8-6-15(7-9-26)25(3)11-17-16-10-14(21)4-5-18(16)27-23-17/h4-5,10,13,15H,6-9,11-12H2,1-3H3. The summed E-state index contributed by atoms with van der Waals surface area (Å²) < 4.78 is 10.8. The first-order chi connectivity index (χ1) is 13.5. The number of halogens is 1. The zero-order valence-electron chi connectivity index (χ0n) is 16.6. The molecule has 0 amide bonds. The van der Waals surface area contributed by atoms with E-state index in [0.717, 1.165) is 61.5 Å². The summed E-state index contributed by atoms with van der Waals surface area (Å²) in [5.41, 5.74) is 1.72. The van der Waals surface area contributed by atoms with E-state index >= 15 is 0 Å². The Morgan fingerprint density at radius 3 is 2.71 bits per heavy atom. The molecule has 1 fully saturated rings. The Labute approximate surface area is 169 Å². The molecular weight excluding hydrogens is 378 g/mol. The third-order valence-electron chi connectivity index (χ3n) is 5.45. The zero-order chi connectivity index (χ0) is 19.7. The van der Waals surface area contributed by atoms with Crippen molar-refractivity contribution in [3.05, 3.63) is 40.6 Å². The molecule has 0 saturated carbocycles. The summed E-state index contributed by atoms with van der Waals surface area (Å²) in [5, 5.41) is 9.99. The van der Waals surface area contributed by atoms with Crippen molar-refractivity contribution in [3.63, 3.8) is 0 Å². The molecular formula is C20H26ClN5O2. The van der Waals surface area contributed by atoms with E-state index in [-0.39, 0.29) is 0 Å². The van der Waals surface area contributed by atoms with Crippen molar-refractivity contribution in [1.29, 1.82) is 0 Å². The Morgan fingerprint density at radius 1 is 1.21 bits per heavy atom. The van der Waals surface area contributed by atoms with Gasteiger partial charge in [0.25, 0.3) is 0 Å². The highest BCUT2D eigenvalue weighted by atomic mass is 35.5. The van der Waals surface area contributed by atoms with Crippen LogP contribution in [0.25, 0.3) is 11.0 Å². The van der Waals surface area contributed by atoms with Gasteiger partial charge in [-0.15, -0.1) is 0 Å². The molecule has 1 aromatic carbocycles. The minimum atomic E-state index is 0.291. The number of benzene rings is 1. The summed E-state index contributed by atoms with van der Waals surface area (Å²) in [4.78, 5) is 9.23. The number of hydrogen-bond acceptors (Lipinski definition) is 7. The van der Waals surface area contributed by atoms with Gasteiger partial charge in [-0.2, -0.15) is 4.98 Å². The molecule has 0 aliphatic carbocycles. The van der Waals surface area contributed by atoms with Crippen LogP contribution in [0.2, 0.25) is 5.02 Å². The van der Waals surface area contributed by atoms with Crippen molar-refractivity contribution in [3.8, 4) is 0 Å². The lowest BCUT2D eigenvalue weighted by Gasteiger charge is -2.35. The van der Waals surface area contributed by atoms with Gasteiger partial charge in [-0.25, -0.2) is 0 Å². The molecule has 8 heteroatoms. The van der Waals surface area contributed by atoms with Gasteiger partial charge >= 0.3 is 0 Å². The first-order valence-corrected chi connectivity index (χ1v) is 10.2. The Bertz CT molecular complexity index is 930. The van der Waals surface area contributed by atoms with Gasteiger partial charge in [0.2, 0.25) is 5.89 Å². The molecule has 0 N–H and O–H groups in total. The van der Waals surface area contributed by atoms with Crippen molar-refractivity contribution in [2.45, 2.75) is 51.7 Å². The summed E-state index contributed by atoms with van der Waals surface area (Å²) in [6.45, 7) is 7.64. The van der Waals surface area contributed by atoms with Gasteiger partial charge in [-0.05, 0) is 38.1 Å². The van der Waals surface area contributed by atoms with Crippen LogP contribution in [0.15, 0.2) is 27.2 Å². The highest BCUT2D eigenvalue weighted by Gasteiger charge is 2.25. The van der Waals surface area contributed by atoms with Crippen LogP contribution in [0.3, 0.4) is 0 Å². The molecule has 1 saturated heterocycles. The second kappa shape index (κ2) is 8.19. The number of piperidine rings is 1. The average molecular weight is 404 g/mol. The van der Waals surface area contributed by atoms with Crippen LogP contribution in [-0.4, -0.2) is 51.3 Å². The van der Waals surface area contributed by atoms with E-state index in [1.165, 1.54) is 0 Å². The van der Waals surface area contributed by atoms with Crippen LogP contribution < -0.4 is 0 Å². The smallest absolute Gasteiger partial charge is 0.240 e. The van der Waals surface area contributed by atoms with E-state index < -0.39 is 0 Å². The molecule has 7 nitrogen and oxygen atoms in total. The maximum absolute atomic E-state index is 6.13. The number of likely N-dealkylation sites (tertiary alicyclic amines) is 1. The molecule has 1 aliphatic heterocycles. The fourth-order valence-corrected chi connectivity index (χ4v) is 3.89. The summed E-state index contributed by atoms with van der Waals surface area (Å²) in [7, 11) is 2.15. The van der Waals surface area contributed by atoms with Gasteiger partial charge in [-0.3, -0.25) is 9.80 Å². The number of nitrogens with zero attached hydrogens (tertiary/aromatic N) is 5. The normalized spacial score (nSPS) is 16.6. The summed E-state index contributed by atoms with van der Waals surface area (Å²) >= 11 is 6.13. The summed E-state index contributed by atoms with van der Waals surface area (Å²) in [5.74, 6) is 1.78. The molecule has 4 rings (SSSR count). The molecule has 3 heterocycles. The lowest BCUT2D eigenvalue weighted by Crippen LogP contribution is -2.42. The van der Waals surface area contributed by atoms with Crippen LogP contribution in [0.1, 0.15) is 50.0 Å². The number of aromatic nitrogens is 3. The average Bonchev–Trinajstić information content (AvgIpc) is 3.30. The third-order valence-corrected chi connectivity index (χ3v) is 5.68. The Balaban J connectivity index is 1.32.